The summed E-state index contributed by atoms with van der Waals surface area (Å²) in [5.74, 6) is -0.555. The van der Waals surface area contributed by atoms with Gasteiger partial charge in [0, 0.05) is 29.4 Å². The quantitative estimate of drug-likeness (QED) is 0.627. The Labute approximate surface area is 132 Å². The van der Waals surface area contributed by atoms with Gasteiger partial charge >= 0.3 is 0 Å². The van der Waals surface area contributed by atoms with Gasteiger partial charge in [0.1, 0.15) is 5.82 Å². The molecule has 2 aromatic rings. The zero-order valence-corrected chi connectivity index (χ0v) is 12.5. The Hall–Kier alpha value is -2.76. The predicted octanol–water partition coefficient (Wildman–Crippen LogP) is 3.72. The summed E-state index contributed by atoms with van der Waals surface area (Å²) in [6, 6.07) is 9.92. The molecule has 0 N–H and O–H groups in total. The molecule has 0 spiro atoms. The number of aryl methyl sites for hydroxylation is 1. The second-order valence-electron chi connectivity index (χ2n) is 5.64. The highest BCUT2D eigenvalue weighted by Gasteiger charge is 2.29. The van der Waals surface area contributed by atoms with Crippen LogP contribution in [0.2, 0.25) is 0 Å². The molecule has 0 saturated heterocycles. The van der Waals surface area contributed by atoms with E-state index in [2.05, 4.69) is 0 Å². The second-order valence-corrected chi connectivity index (χ2v) is 5.64. The molecule has 1 atom stereocenters. The highest BCUT2D eigenvalue weighted by atomic mass is 19.1. The van der Waals surface area contributed by atoms with Crippen molar-refractivity contribution in [2.75, 3.05) is 4.90 Å². The standard InChI is InChI=1S/C17H15FN2O3/c1-11-2-3-13-10-14(18)6-9-16(13)19(11)17(21)12-4-7-15(8-5-12)20(22)23/h4-11H,2-3H2,1H3. The summed E-state index contributed by atoms with van der Waals surface area (Å²) >= 11 is 0. The average molecular weight is 314 g/mol. The number of hydrogen-bond acceptors (Lipinski definition) is 3. The lowest BCUT2D eigenvalue weighted by atomic mass is 9.95. The van der Waals surface area contributed by atoms with Crippen LogP contribution in [-0.2, 0) is 6.42 Å². The summed E-state index contributed by atoms with van der Waals surface area (Å²) in [5.41, 5.74) is 1.82. The fourth-order valence-corrected chi connectivity index (χ4v) is 2.89. The number of nitro benzene ring substituents is 1. The van der Waals surface area contributed by atoms with E-state index in [-0.39, 0.29) is 23.5 Å². The van der Waals surface area contributed by atoms with E-state index in [1.807, 2.05) is 6.92 Å². The Morgan fingerprint density at radius 1 is 1.26 bits per heavy atom. The van der Waals surface area contributed by atoms with Crippen LogP contribution in [-0.4, -0.2) is 16.9 Å². The molecule has 0 fully saturated rings. The van der Waals surface area contributed by atoms with Gasteiger partial charge < -0.3 is 4.90 Å². The van der Waals surface area contributed by atoms with Crippen molar-refractivity contribution in [1.82, 2.24) is 0 Å². The van der Waals surface area contributed by atoms with Gasteiger partial charge in [0.15, 0.2) is 0 Å². The van der Waals surface area contributed by atoms with E-state index in [1.54, 1.807) is 11.0 Å². The highest BCUT2D eigenvalue weighted by Crippen LogP contribution is 2.32. The third kappa shape index (κ3) is 2.79. The van der Waals surface area contributed by atoms with Crippen molar-refractivity contribution in [3.8, 4) is 0 Å². The number of hydrogen-bond donors (Lipinski definition) is 0. The van der Waals surface area contributed by atoms with Crippen LogP contribution in [0.4, 0.5) is 15.8 Å². The van der Waals surface area contributed by atoms with Crippen molar-refractivity contribution in [3.05, 3.63) is 69.5 Å². The van der Waals surface area contributed by atoms with Gasteiger partial charge in [-0.2, -0.15) is 0 Å². The minimum Gasteiger partial charge on any atom is -0.305 e. The second kappa shape index (κ2) is 5.79. The van der Waals surface area contributed by atoms with Crippen LogP contribution < -0.4 is 4.90 Å². The Morgan fingerprint density at radius 3 is 2.61 bits per heavy atom. The van der Waals surface area contributed by atoms with E-state index in [0.29, 0.717) is 11.3 Å². The molecular formula is C17H15FN2O3. The van der Waals surface area contributed by atoms with Crippen molar-refractivity contribution < 1.29 is 14.1 Å². The van der Waals surface area contributed by atoms with Gasteiger partial charge in [-0.1, -0.05) is 0 Å². The van der Waals surface area contributed by atoms with E-state index in [9.17, 15) is 19.3 Å². The van der Waals surface area contributed by atoms with Gasteiger partial charge in [0.2, 0.25) is 0 Å². The first-order valence-corrected chi connectivity index (χ1v) is 7.34. The first-order valence-electron chi connectivity index (χ1n) is 7.34. The molecule has 6 heteroatoms. The average Bonchev–Trinajstić information content (AvgIpc) is 2.54. The van der Waals surface area contributed by atoms with Gasteiger partial charge in [0.25, 0.3) is 11.6 Å². The smallest absolute Gasteiger partial charge is 0.269 e. The molecule has 5 nitrogen and oxygen atoms in total. The number of fused-ring (bicyclic) bond motifs is 1. The number of anilines is 1. The third-order valence-electron chi connectivity index (χ3n) is 4.12. The summed E-state index contributed by atoms with van der Waals surface area (Å²) in [6.07, 6.45) is 1.47. The Kier molecular flexibility index (Phi) is 3.82. The van der Waals surface area contributed by atoms with Crippen molar-refractivity contribution in [3.63, 3.8) is 0 Å². The molecule has 1 aliphatic rings. The topological polar surface area (TPSA) is 63.5 Å². The number of rotatable bonds is 2. The molecular weight excluding hydrogens is 299 g/mol. The summed E-state index contributed by atoms with van der Waals surface area (Å²) in [6.45, 7) is 1.94. The van der Waals surface area contributed by atoms with Gasteiger partial charge in [-0.3, -0.25) is 14.9 Å². The molecule has 1 unspecified atom stereocenters. The molecule has 0 bridgehead atoms. The molecule has 0 aliphatic carbocycles. The molecule has 0 radical (unpaired) electrons. The Balaban J connectivity index is 1.97. The SMILES string of the molecule is CC1CCc2cc(F)ccc2N1C(=O)c1ccc([N+](=O)[O-])cc1. The maximum atomic E-state index is 13.4. The van der Waals surface area contributed by atoms with Crippen LogP contribution in [0, 0.1) is 15.9 Å². The molecule has 0 saturated carbocycles. The number of benzene rings is 2. The molecule has 2 aromatic carbocycles. The Bertz CT molecular complexity index is 774. The normalized spacial score (nSPS) is 16.8. The van der Waals surface area contributed by atoms with E-state index < -0.39 is 4.92 Å². The van der Waals surface area contributed by atoms with Crippen LogP contribution >= 0.6 is 0 Å². The van der Waals surface area contributed by atoms with Crippen LogP contribution in [0.5, 0.6) is 0 Å². The molecule has 1 amide bonds. The van der Waals surface area contributed by atoms with E-state index in [0.717, 1.165) is 18.4 Å². The number of halogens is 1. The minimum atomic E-state index is -0.504. The first-order chi connectivity index (χ1) is 11.0. The number of carbonyl (C=O) groups is 1. The zero-order valence-electron chi connectivity index (χ0n) is 12.5. The lowest BCUT2D eigenvalue weighted by Crippen LogP contribution is -2.42. The summed E-state index contributed by atoms with van der Waals surface area (Å²) in [7, 11) is 0. The monoisotopic (exact) mass is 314 g/mol. The largest absolute Gasteiger partial charge is 0.305 e. The maximum Gasteiger partial charge on any atom is 0.269 e. The number of amides is 1. The summed E-state index contributed by atoms with van der Waals surface area (Å²) in [4.78, 5) is 24.6. The molecule has 1 heterocycles. The highest BCUT2D eigenvalue weighted by molar-refractivity contribution is 6.07. The number of nitrogens with zero attached hydrogens (tertiary/aromatic N) is 2. The van der Waals surface area contributed by atoms with Crippen molar-refractivity contribution in [1.29, 1.82) is 0 Å². The maximum absolute atomic E-state index is 13.4. The van der Waals surface area contributed by atoms with E-state index >= 15 is 0 Å². The number of nitro groups is 1. The summed E-state index contributed by atoms with van der Waals surface area (Å²) in [5, 5.41) is 10.7. The number of non-ortho nitro benzene ring substituents is 1. The molecule has 23 heavy (non-hydrogen) atoms. The lowest BCUT2D eigenvalue weighted by molar-refractivity contribution is -0.384. The van der Waals surface area contributed by atoms with Crippen LogP contribution in [0.1, 0.15) is 29.3 Å². The minimum absolute atomic E-state index is 0.0179. The van der Waals surface area contributed by atoms with Gasteiger partial charge in [-0.15, -0.1) is 0 Å². The number of carbonyl (C=O) groups excluding carboxylic acids is 1. The molecule has 1 aliphatic heterocycles. The Morgan fingerprint density at radius 2 is 1.96 bits per heavy atom. The molecule has 3 rings (SSSR count). The fraction of sp³-hybridized carbons (Fsp3) is 0.235. The van der Waals surface area contributed by atoms with Crippen molar-refractivity contribution in [2.24, 2.45) is 0 Å². The van der Waals surface area contributed by atoms with Gasteiger partial charge in [-0.05, 0) is 55.7 Å². The fourth-order valence-electron chi connectivity index (χ4n) is 2.89. The van der Waals surface area contributed by atoms with Crippen LogP contribution in [0.25, 0.3) is 0 Å². The van der Waals surface area contributed by atoms with E-state index in [4.69, 9.17) is 0 Å². The first kappa shape index (κ1) is 15.1. The summed E-state index contributed by atoms with van der Waals surface area (Å²) < 4.78 is 13.4. The van der Waals surface area contributed by atoms with Gasteiger partial charge in [0.05, 0.1) is 4.92 Å². The van der Waals surface area contributed by atoms with E-state index in [1.165, 1.54) is 36.4 Å². The van der Waals surface area contributed by atoms with Gasteiger partial charge in [-0.25, -0.2) is 4.39 Å². The van der Waals surface area contributed by atoms with Crippen LogP contribution in [0.3, 0.4) is 0 Å². The lowest BCUT2D eigenvalue weighted by Gasteiger charge is -2.35. The van der Waals surface area contributed by atoms with Crippen molar-refractivity contribution in [2.45, 2.75) is 25.8 Å². The van der Waals surface area contributed by atoms with Crippen LogP contribution in [0.15, 0.2) is 42.5 Å². The third-order valence-corrected chi connectivity index (χ3v) is 4.12. The predicted molar refractivity (Wildman–Crippen MR) is 84.1 cm³/mol. The van der Waals surface area contributed by atoms with Crippen molar-refractivity contribution >= 4 is 17.3 Å². The molecule has 118 valence electrons. The zero-order chi connectivity index (χ0) is 16.6. The molecule has 0 aromatic heterocycles.